The largest absolute Gasteiger partial charge is 0.379 e. The summed E-state index contributed by atoms with van der Waals surface area (Å²) in [5, 5.41) is 12.2. The van der Waals surface area contributed by atoms with Gasteiger partial charge in [-0.1, -0.05) is 18.5 Å². The molecule has 0 saturated carbocycles. The first kappa shape index (κ1) is 14.4. The minimum atomic E-state index is 0.326. The van der Waals surface area contributed by atoms with E-state index in [1.807, 2.05) is 25.1 Å². The van der Waals surface area contributed by atoms with Crippen molar-refractivity contribution >= 4 is 23.0 Å². The van der Waals surface area contributed by atoms with E-state index in [9.17, 15) is 0 Å². The van der Waals surface area contributed by atoms with Crippen molar-refractivity contribution in [3.8, 4) is 0 Å². The van der Waals surface area contributed by atoms with Crippen molar-refractivity contribution in [1.29, 1.82) is 5.41 Å². The molecule has 104 valence electrons. The first-order valence-electron chi connectivity index (χ1n) is 6.92. The molecule has 0 amide bonds. The molecule has 1 saturated heterocycles. The second-order valence-corrected chi connectivity index (χ2v) is 5.37. The molecule has 19 heavy (non-hydrogen) atoms. The van der Waals surface area contributed by atoms with Crippen LogP contribution in [0.2, 0.25) is 5.02 Å². The van der Waals surface area contributed by atoms with Crippen molar-refractivity contribution < 1.29 is 4.74 Å². The molecule has 0 aliphatic carbocycles. The Morgan fingerprint density at radius 3 is 3.11 bits per heavy atom. The van der Waals surface area contributed by atoms with E-state index in [1.54, 1.807) is 0 Å². The summed E-state index contributed by atoms with van der Waals surface area (Å²) in [6, 6.07) is 6.03. The van der Waals surface area contributed by atoms with E-state index in [0.717, 1.165) is 37.3 Å². The predicted molar refractivity (Wildman–Crippen MR) is 80.7 cm³/mol. The van der Waals surface area contributed by atoms with Crippen LogP contribution in [0, 0.1) is 5.41 Å². The van der Waals surface area contributed by atoms with Gasteiger partial charge in [0.25, 0.3) is 0 Å². The quantitative estimate of drug-likeness (QED) is 0.816. The van der Waals surface area contributed by atoms with Gasteiger partial charge in [-0.2, -0.15) is 0 Å². The molecule has 2 rings (SSSR count). The first-order chi connectivity index (χ1) is 9.20. The van der Waals surface area contributed by atoms with Crippen molar-refractivity contribution in [3.63, 3.8) is 0 Å². The molecule has 1 aliphatic heterocycles. The topological polar surface area (TPSA) is 45.1 Å². The number of hydrogen-bond acceptors (Lipinski definition) is 3. The Labute approximate surface area is 119 Å². The molecule has 3 nitrogen and oxygen atoms in total. The van der Waals surface area contributed by atoms with Crippen LogP contribution in [-0.2, 0) is 4.74 Å². The van der Waals surface area contributed by atoms with Gasteiger partial charge >= 0.3 is 0 Å². The van der Waals surface area contributed by atoms with E-state index in [-0.39, 0.29) is 0 Å². The number of ether oxygens (including phenoxy) is 1. The maximum Gasteiger partial charge on any atom is 0.0667 e. The van der Waals surface area contributed by atoms with Crippen LogP contribution in [0.15, 0.2) is 18.2 Å². The summed E-state index contributed by atoms with van der Waals surface area (Å²) < 4.78 is 5.59. The summed E-state index contributed by atoms with van der Waals surface area (Å²) in [6.45, 7) is 3.58. The molecular weight excluding hydrogens is 260 g/mol. The molecule has 1 aromatic rings. The van der Waals surface area contributed by atoms with Gasteiger partial charge < -0.3 is 15.5 Å². The van der Waals surface area contributed by atoms with Gasteiger partial charge in [0, 0.05) is 34.6 Å². The van der Waals surface area contributed by atoms with Gasteiger partial charge in [0.05, 0.1) is 6.61 Å². The number of anilines is 1. The minimum absolute atomic E-state index is 0.326. The maximum atomic E-state index is 8.05. The minimum Gasteiger partial charge on any atom is -0.379 e. The van der Waals surface area contributed by atoms with Crippen LogP contribution in [-0.4, -0.2) is 25.0 Å². The van der Waals surface area contributed by atoms with Gasteiger partial charge in [0.2, 0.25) is 0 Å². The number of nitrogens with one attached hydrogen (secondary N) is 2. The summed E-state index contributed by atoms with van der Waals surface area (Å²) in [5.41, 5.74) is 2.51. The van der Waals surface area contributed by atoms with Crippen molar-refractivity contribution in [3.05, 3.63) is 28.8 Å². The van der Waals surface area contributed by atoms with E-state index < -0.39 is 0 Å². The second kappa shape index (κ2) is 6.92. The Bertz CT molecular complexity index is 440. The highest BCUT2D eigenvalue weighted by Gasteiger charge is 2.15. The summed E-state index contributed by atoms with van der Waals surface area (Å²) >= 11 is 6.04. The normalized spacial score (nSPS) is 19.8. The van der Waals surface area contributed by atoms with E-state index in [1.165, 1.54) is 6.42 Å². The zero-order chi connectivity index (χ0) is 13.7. The van der Waals surface area contributed by atoms with Crippen molar-refractivity contribution in [2.75, 3.05) is 18.5 Å². The SMILES string of the molecule is CCC(=N)c1cc(Cl)ccc1NC1CCCCOC1. The molecule has 1 aromatic carbocycles. The van der Waals surface area contributed by atoms with Gasteiger partial charge in [0.15, 0.2) is 0 Å². The van der Waals surface area contributed by atoms with Crippen molar-refractivity contribution in [2.24, 2.45) is 0 Å². The van der Waals surface area contributed by atoms with Crippen molar-refractivity contribution in [2.45, 2.75) is 38.6 Å². The number of rotatable bonds is 4. The molecule has 0 radical (unpaired) electrons. The van der Waals surface area contributed by atoms with E-state index >= 15 is 0 Å². The lowest BCUT2D eigenvalue weighted by Crippen LogP contribution is -2.25. The molecular formula is C15H21ClN2O. The lowest BCUT2D eigenvalue weighted by Gasteiger charge is -2.20. The summed E-state index contributed by atoms with van der Waals surface area (Å²) in [7, 11) is 0. The van der Waals surface area contributed by atoms with Gasteiger partial charge in [-0.25, -0.2) is 0 Å². The Balaban J connectivity index is 2.16. The van der Waals surface area contributed by atoms with Crippen molar-refractivity contribution in [1.82, 2.24) is 0 Å². The Morgan fingerprint density at radius 2 is 2.32 bits per heavy atom. The lowest BCUT2D eigenvalue weighted by atomic mass is 10.0. The average molecular weight is 281 g/mol. The van der Waals surface area contributed by atoms with Crippen LogP contribution in [0.3, 0.4) is 0 Å². The summed E-state index contributed by atoms with van der Waals surface area (Å²) in [4.78, 5) is 0. The standard InChI is InChI=1S/C15H21ClN2O/c1-2-14(17)13-9-11(16)6-7-15(13)18-12-5-3-4-8-19-10-12/h6-7,9,12,17-18H,2-5,8,10H2,1H3. The highest BCUT2D eigenvalue weighted by atomic mass is 35.5. The average Bonchev–Trinajstić information content (AvgIpc) is 2.68. The molecule has 0 bridgehead atoms. The van der Waals surface area contributed by atoms with E-state index in [2.05, 4.69) is 5.32 Å². The predicted octanol–water partition coefficient (Wildman–Crippen LogP) is 4.10. The Kier molecular flexibility index (Phi) is 5.23. The molecule has 1 atom stereocenters. The fourth-order valence-corrected chi connectivity index (χ4v) is 2.49. The van der Waals surface area contributed by atoms with E-state index in [4.69, 9.17) is 21.7 Å². The zero-order valence-corrected chi connectivity index (χ0v) is 12.1. The van der Waals surface area contributed by atoms with Crippen LogP contribution in [0.5, 0.6) is 0 Å². The Morgan fingerprint density at radius 1 is 1.47 bits per heavy atom. The molecule has 4 heteroatoms. The van der Waals surface area contributed by atoms with E-state index in [0.29, 0.717) is 23.2 Å². The van der Waals surface area contributed by atoms with Crippen LogP contribution >= 0.6 is 11.6 Å². The third-order valence-electron chi connectivity index (χ3n) is 3.43. The number of hydrogen-bond donors (Lipinski definition) is 2. The van der Waals surface area contributed by atoms with Crippen LogP contribution < -0.4 is 5.32 Å². The maximum absolute atomic E-state index is 8.05. The van der Waals surface area contributed by atoms with Gasteiger partial charge in [-0.3, -0.25) is 0 Å². The zero-order valence-electron chi connectivity index (χ0n) is 11.3. The molecule has 0 aromatic heterocycles. The summed E-state index contributed by atoms with van der Waals surface area (Å²) in [5.74, 6) is 0. The molecule has 1 unspecified atom stereocenters. The van der Waals surface area contributed by atoms with Crippen LogP contribution in [0.4, 0.5) is 5.69 Å². The number of halogens is 1. The highest BCUT2D eigenvalue weighted by molar-refractivity contribution is 6.31. The smallest absolute Gasteiger partial charge is 0.0667 e. The van der Waals surface area contributed by atoms with Crippen LogP contribution in [0.1, 0.15) is 38.2 Å². The monoisotopic (exact) mass is 280 g/mol. The third kappa shape index (κ3) is 3.95. The molecule has 1 heterocycles. The van der Waals surface area contributed by atoms with Gasteiger partial charge in [0.1, 0.15) is 0 Å². The molecule has 1 fully saturated rings. The highest BCUT2D eigenvalue weighted by Crippen LogP contribution is 2.24. The fraction of sp³-hybridized carbons (Fsp3) is 0.533. The van der Waals surface area contributed by atoms with Crippen LogP contribution in [0.25, 0.3) is 0 Å². The molecule has 2 N–H and O–H groups in total. The Hall–Kier alpha value is -1.06. The molecule has 0 spiro atoms. The number of benzene rings is 1. The van der Waals surface area contributed by atoms with Gasteiger partial charge in [-0.15, -0.1) is 0 Å². The molecule has 1 aliphatic rings. The lowest BCUT2D eigenvalue weighted by molar-refractivity contribution is 0.138. The van der Waals surface area contributed by atoms with Gasteiger partial charge in [-0.05, 0) is 43.9 Å². The fourth-order valence-electron chi connectivity index (χ4n) is 2.32. The summed E-state index contributed by atoms with van der Waals surface area (Å²) in [6.07, 6.45) is 4.14. The first-order valence-corrected chi connectivity index (χ1v) is 7.30. The third-order valence-corrected chi connectivity index (χ3v) is 3.67. The second-order valence-electron chi connectivity index (χ2n) is 4.93.